The third kappa shape index (κ3) is 2.66. The first kappa shape index (κ1) is 23.4. The summed E-state index contributed by atoms with van der Waals surface area (Å²) in [5.41, 5.74) is 2.53. The summed E-state index contributed by atoms with van der Waals surface area (Å²) >= 11 is 0. The van der Waals surface area contributed by atoms with Gasteiger partial charge in [0, 0.05) is 0 Å². The molecule has 0 aliphatic heterocycles. The van der Waals surface area contributed by atoms with Crippen molar-refractivity contribution >= 4 is 0 Å². The van der Waals surface area contributed by atoms with Gasteiger partial charge in [-0.15, -0.1) is 0 Å². The Morgan fingerprint density at radius 1 is 0.781 bits per heavy atom. The fourth-order valence-electron chi connectivity index (χ4n) is 11.6. The molecule has 0 saturated heterocycles. The average Bonchev–Trinajstić information content (AvgIpc) is 3.05. The van der Waals surface area contributed by atoms with Crippen LogP contribution in [-0.2, 0) is 0 Å². The fraction of sp³-hybridized carbons (Fsp3) is 0.933. The SMILES string of the molecule is C=C(C)C1CC[C@]2(C)CC[C@]3(C)C(CCC4[C@@]5(C)C[C@@H](O)[C@@H](O)C(C)(C)C5CC[C@]43C)C12. The third-order valence-electron chi connectivity index (χ3n) is 13.4. The predicted octanol–water partition coefficient (Wildman–Crippen LogP) is 7.00. The van der Waals surface area contributed by atoms with Gasteiger partial charge in [-0.25, -0.2) is 0 Å². The maximum Gasteiger partial charge on any atom is 0.0852 e. The van der Waals surface area contributed by atoms with Crippen LogP contribution in [0.5, 0.6) is 0 Å². The van der Waals surface area contributed by atoms with E-state index in [1.54, 1.807) is 0 Å². The molecule has 2 nitrogen and oxygen atoms in total. The van der Waals surface area contributed by atoms with E-state index in [0.29, 0.717) is 34.0 Å². The van der Waals surface area contributed by atoms with Crippen molar-refractivity contribution in [3.05, 3.63) is 12.2 Å². The molecule has 5 rings (SSSR count). The Morgan fingerprint density at radius 3 is 2.12 bits per heavy atom. The van der Waals surface area contributed by atoms with Crippen molar-refractivity contribution in [2.75, 3.05) is 0 Å². The van der Waals surface area contributed by atoms with Crippen LogP contribution in [0.25, 0.3) is 0 Å². The quantitative estimate of drug-likeness (QED) is 0.429. The summed E-state index contributed by atoms with van der Waals surface area (Å²) in [4.78, 5) is 0. The largest absolute Gasteiger partial charge is 0.390 e. The number of allylic oxidation sites excluding steroid dienone is 1. The van der Waals surface area contributed by atoms with Crippen molar-refractivity contribution < 1.29 is 10.2 Å². The van der Waals surface area contributed by atoms with Gasteiger partial charge >= 0.3 is 0 Å². The minimum Gasteiger partial charge on any atom is -0.390 e. The number of hydrogen-bond acceptors (Lipinski definition) is 2. The Balaban J connectivity index is 1.55. The number of aliphatic hydroxyl groups excluding tert-OH is 2. The molecule has 0 aromatic carbocycles. The van der Waals surface area contributed by atoms with Crippen LogP contribution in [0.1, 0.15) is 106 Å². The van der Waals surface area contributed by atoms with E-state index >= 15 is 0 Å². The lowest BCUT2D eigenvalue weighted by Gasteiger charge is -2.73. The predicted molar refractivity (Wildman–Crippen MR) is 132 cm³/mol. The zero-order chi connectivity index (χ0) is 23.5. The summed E-state index contributed by atoms with van der Waals surface area (Å²) in [5.74, 6) is 3.46. The van der Waals surface area contributed by atoms with Gasteiger partial charge < -0.3 is 10.2 Å². The van der Waals surface area contributed by atoms with Crippen molar-refractivity contribution in [1.29, 1.82) is 0 Å². The molecular weight excluding hydrogens is 392 g/mol. The van der Waals surface area contributed by atoms with Crippen LogP contribution in [0.4, 0.5) is 0 Å². The molecule has 0 amide bonds. The highest BCUT2D eigenvalue weighted by atomic mass is 16.3. The number of rotatable bonds is 1. The lowest BCUT2D eigenvalue weighted by Crippen LogP contribution is -2.68. The van der Waals surface area contributed by atoms with Gasteiger partial charge in [-0.3, -0.25) is 0 Å². The Morgan fingerprint density at radius 2 is 1.47 bits per heavy atom. The molecule has 2 N–H and O–H groups in total. The molecule has 0 bridgehead atoms. The Hall–Kier alpha value is -0.340. The van der Waals surface area contributed by atoms with Crippen LogP contribution >= 0.6 is 0 Å². The van der Waals surface area contributed by atoms with Gasteiger partial charge in [-0.05, 0) is 121 Å². The molecule has 0 aromatic heterocycles. The third-order valence-corrected chi connectivity index (χ3v) is 13.4. The summed E-state index contributed by atoms with van der Waals surface area (Å²) < 4.78 is 0. The molecule has 2 heteroatoms. The first-order chi connectivity index (χ1) is 14.7. The molecule has 32 heavy (non-hydrogen) atoms. The van der Waals surface area contributed by atoms with Gasteiger partial charge in [0.1, 0.15) is 0 Å². The van der Waals surface area contributed by atoms with E-state index < -0.39 is 12.2 Å². The lowest BCUT2D eigenvalue weighted by atomic mass is 9.32. The van der Waals surface area contributed by atoms with Crippen LogP contribution in [-0.4, -0.2) is 22.4 Å². The second-order valence-electron chi connectivity index (χ2n) is 14.9. The minimum atomic E-state index is -0.595. The van der Waals surface area contributed by atoms with Gasteiger partial charge in [0.15, 0.2) is 0 Å². The molecule has 0 spiro atoms. The van der Waals surface area contributed by atoms with Crippen molar-refractivity contribution in [2.45, 2.75) is 118 Å². The second-order valence-corrected chi connectivity index (χ2v) is 14.9. The monoisotopic (exact) mass is 442 g/mol. The molecular formula is C30H50O2. The highest BCUT2D eigenvalue weighted by molar-refractivity contribution is 5.21. The zero-order valence-corrected chi connectivity index (χ0v) is 22.0. The van der Waals surface area contributed by atoms with Crippen LogP contribution in [0.3, 0.4) is 0 Å². The summed E-state index contributed by atoms with van der Waals surface area (Å²) in [6.07, 6.45) is 10.2. The van der Waals surface area contributed by atoms with E-state index in [-0.39, 0.29) is 10.8 Å². The number of aliphatic hydroxyl groups is 2. The van der Waals surface area contributed by atoms with Gasteiger partial charge in [-0.1, -0.05) is 53.7 Å². The topological polar surface area (TPSA) is 40.5 Å². The van der Waals surface area contributed by atoms with E-state index in [9.17, 15) is 10.2 Å². The molecule has 5 aliphatic rings. The Kier molecular flexibility index (Phi) is 5.02. The molecule has 0 aromatic rings. The van der Waals surface area contributed by atoms with Crippen molar-refractivity contribution in [1.82, 2.24) is 0 Å². The van der Waals surface area contributed by atoms with Gasteiger partial charge in [0.2, 0.25) is 0 Å². The molecule has 11 atom stereocenters. The summed E-state index contributed by atoms with van der Waals surface area (Å²) in [5, 5.41) is 21.9. The molecule has 5 saturated carbocycles. The van der Waals surface area contributed by atoms with Crippen molar-refractivity contribution in [3.8, 4) is 0 Å². The summed E-state index contributed by atoms with van der Waals surface area (Å²) in [6.45, 7) is 21.6. The van der Waals surface area contributed by atoms with E-state index in [0.717, 1.165) is 18.3 Å². The van der Waals surface area contributed by atoms with E-state index in [1.807, 2.05) is 0 Å². The maximum atomic E-state index is 11.0. The number of hydrogen-bond donors (Lipinski definition) is 2. The van der Waals surface area contributed by atoms with E-state index in [1.165, 1.54) is 56.9 Å². The second kappa shape index (κ2) is 6.87. The highest BCUT2D eigenvalue weighted by Gasteiger charge is 2.70. The molecule has 0 radical (unpaired) electrons. The van der Waals surface area contributed by atoms with E-state index in [4.69, 9.17) is 0 Å². The average molecular weight is 443 g/mol. The first-order valence-electron chi connectivity index (χ1n) is 13.7. The van der Waals surface area contributed by atoms with Crippen LogP contribution in [0.15, 0.2) is 12.2 Å². The lowest BCUT2D eigenvalue weighted by molar-refractivity contribution is -0.262. The number of fused-ring (bicyclic) bond motifs is 7. The Labute approximate surface area is 197 Å². The summed E-state index contributed by atoms with van der Waals surface area (Å²) in [6, 6.07) is 0. The van der Waals surface area contributed by atoms with Crippen LogP contribution in [0.2, 0.25) is 0 Å². The fourth-order valence-corrected chi connectivity index (χ4v) is 11.6. The maximum absolute atomic E-state index is 11.0. The minimum absolute atomic E-state index is 0.118. The Bertz CT molecular complexity index is 801. The van der Waals surface area contributed by atoms with Crippen molar-refractivity contribution in [2.24, 2.45) is 56.7 Å². The molecule has 5 fully saturated rings. The van der Waals surface area contributed by atoms with Crippen LogP contribution in [0, 0.1) is 56.7 Å². The molecule has 5 unspecified atom stereocenters. The van der Waals surface area contributed by atoms with Gasteiger partial charge in [-0.2, -0.15) is 0 Å². The van der Waals surface area contributed by atoms with Gasteiger partial charge in [0.25, 0.3) is 0 Å². The molecule has 0 heterocycles. The molecule has 182 valence electrons. The molecule has 5 aliphatic carbocycles. The standard InChI is InChI=1S/C30H50O2/c1-18(2)19-11-13-27(5)15-16-29(7)20(24(19)27)9-10-23-28(6)17-21(31)25(32)26(3,4)22(28)12-14-30(23,29)8/h19-25,31-32H,1,9-17H2,2-8H3/t19?,20?,21-,22?,23?,24?,25-,27-,28+,29-,30-/m1/s1. The smallest absolute Gasteiger partial charge is 0.0852 e. The van der Waals surface area contributed by atoms with E-state index in [2.05, 4.69) is 55.0 Å². The summed E-state index contributed by atoms with van der Waals surface area (Å²) in [7, 11) is 0. The zero-order valence-electron chi connectivity index (χ0n) is 22.0. The first-order valence-corrected chi connectivity index (χ1v) is 13.7. The van der Waals surface area contributed by atoms with Gasteiger partial charge in [0.05, 0.1) is 12.2 Å². The van der Waals surface area contributed by atoms with Crippen LogP contribution < -0.4 is 0 Å². The van der Waals surface area contributed by atoms with Crippen molar-refractivity contribution in [3.63, 3.8) is 0 Å². The highest BCUT2D eigenvalue weighted by Crippen LogP contribution is 2.77. The normalized spacial score (nSPS) is 58.8.